The molecule has 2 nitrogen and oxygen atoms in total. The summed E-state index contributed by atoms with van der Waals surface area (Å²) in [7, 11) is 0. The van der Waals surface area contributed by atoms with E-state index in [1.54, 1.807) is 6.07 Å². The molecule has 2 aromatic rings. The summed E-state index contributed by atoms with van der Waals surface area (Å²) >= 11 is 0. The second-order valence-electron chi connectivity index (χ2n) is 5.32. The van der Waals surface area contributed by atoms with Crippen molar-refractivity contribution in [2.45, 2.75) is 25.9 Å². The highest BCUT2D eigenvalue weighted by Crippen LogP contribution is 2.28. The topological polar surface area (TPSA) is 21.3 Å². The van der Waals surface area contributed by atoms with Crippen LogP contribution in [0.2, 0.25) is 0 Å². The monoisotopic (exact) mass is 289 g/mol. The SMILES string of the molecule is CC(NCc1ccc(F)c(F)c1)c1ccc2c(c1)CCO2. The third-order valence-electron chi connectivity index (χ3n) is 3.81. The first-order valence-electron chi connectivity index (χ1n) is 7.06. The lowest BCUT2D eigenvalue weighted by Gasteiger charge is -2.15. The van der Waals surface area contributed by atoms with E-state index < -0.39 is 11.6 Å². The van der Waals surface area contributed by atoms with E-state index in [0.29, 0.717) is 6.54 Å². The summed E-state index contributed by atoms with van der Waals surface area (Å²) in [5.41, 5.74) is 3.13. The third-order valence-corrected chi connectivity index (χ3v) is 3.81. The van der Waals surface area contributed by atoms with Crippen LogP contribution in [0.15, 0.2) is 36.4 Å². The smallest absolute Gasteiger partial charge is 0.159 e. The van der Waals surface area contributed by atoms with Crippen LogP contribution in [0, 0.1) is 11.6 Å². The average molecular weight is 289 g/mol. The number of benzene rings is 2. The fourth-order valence-corrected chi connectivity index (χ4v) is 2.51. The van der Waals surface area contributed by atoms with Gasteiger partial charge in [0.25, 0.3) is 0 Å². The molecule has 2 aromatic carbocycles. The zero-order valence-electron chi connectivity index (χ0n) is 11.8. The molecule has 0 aliphatic carbocycles. The lowest BCUT2D eigenvalue weighted by Crippen LogP contribution is -2.18. The lowest BCUT2D eigenvalue weighted by atomic mass is 10.0. The molecule has 0 saturated carbocycles. The highest BCUT2D eigenvalue weighted by molar-refractivity contribution is 5.40. The van der Waals surface area contributed by atoms with Gasteiger partial charge in [0.15, 0.2) is 11.6 Å². The highest BCUT2D eigenvalue weighted by atomic mass is 19.2. The van der Waals surface area contributed by atoms with Crippen molar-refractivity contribution in [3.05, 3.63) is 64.7 Å². The van der Waals surface area contributed by atoms with Gasteiger partial charge in [0.1, 0.15) is 5.75 Å². The lowest BCUT2D eigenvalue weighted by molar-refractivity contribution is 0.356. The van der Waals surface area contributed by atoms with Gasteiger partial charge in [0, 0.05) is 19.0 Å². The molecule has 110 valence electrons. The van der Waals surface area contributed by atoms with Crippen LogP contribution in [0.1, 0.15) is 29.7 Å². The van der Waals surface area contributed by atoms with Crippen LogP contribution in [0.4, 0.5) is 8.78 Å². The molecule has 0 bridgehead atoms. The summed E-state index contributed by atoms with van der Waals surface area (Å²) in [6.07, 6.45) is 0.944. The van der Waals surface area contributed by atoms with Crippen molar-refractivity contribution in [1.29, 1.82) is 0 Å². The van der Waals surface area contributed by atoms with Crippen LogP contribution in [0.3, 0.4) is 0 Å². The van der Waals surface area contributed by atoms with Gasteiger partial charge in [-0.15, -0.1) is 0 Å². The quantitative estimate of drug-likeness (QED) is 0.925. The number of halogens is 2. The van der Waals surface area contributed by atoms with Crippen molar-refractivity contribution in [3.8, 4) is 5.75 Å². The Kier molecular flexibility index (Phi) is 3.88. The van der Waals surface area contributed by atoms with Crippen molar-refractivity contribution in [1.82, 2.24) is 5.32 Å². The number of hydrogen-bond acceptors (Lipinski definition) is 2. The molecule has 0 radical (unpaired) electrons. The molecule has 21 heavy (non-hydrogen) atoms. The van der Waals surface area contributed by atoms with Gasteiger partial charge < -0.3 is 10.1 Å². The maximum Gasteiger partial charge on any atom is 0.159 e. The Balaban J connectivity index is 1.66. The molecular weight excluding hydrogens is 272 g/mol. The minimum Gasteiger partial charge on any atom is -0.493 e. The molecule has 1 unspecified atom stereocenters. The van der Waals surface area contributed by atoms with E-state index in [1.807, 2.05) is 12.1 Å². The first-order chi connectivity index (χ1) is 10.1. The van der Waals surface area contributed by atoms with Crippen LogP contribution in [0.25, 0.3) is 0 Å². The summed E-state index contributed by atoms with van der Waals surface area (Å²) < 4.78 is 31.5. The van der Waals surface area contributed by atoms with Crippen LogP contribution >= 0.6 is 0 Å². The van der Waals surface area contributed by atoms with Crippen molar-refractivity contribution in [3.63, 3.8) is 0 Å². The molecule has 1 N–H and O–H groups in total. The Morgan fingerprint density at radius 3 is 2.81 bits per heavy atom. The first-order valence-corrected chi connectivity index (χ1v) is 7.06. The summed E-state index contributed by atoms with van der Waals surface area (Å²) in [5.74, 6) is -0.659. The largest absolute Gasteiger partial charge is 0.493 e. The molecular formula is C17H17F2NO. The van der Waals surface area contributed by atoms with E-state index in [0.717, 1.165) is 30.4 Å². The van der Waals surface area contributed by atoms with Gasteiger partial charge in [-0.25, -0.2) is 8.78 Å². The standard InChI is InChI=1S/C17H17F2NO/c1-11(13-3-5-17-14(9-13)6-7-21-17)20-10-12-2-4-15(18)16(19)8-12/h2-5,8-9,11,20H,6-7,10H2,1H3. The van der Waals surface area contributed by atoms with Crippen LogP contribution in [-0.4, -0.2) is 6.61 Å². The Morgan fingerprint density at radius 2 is 2.00 bits per heavy atom. The number of nitrogens with one attached hydrogen (secondary N) is 1. The minimum atomic E-state index is -0.814. The average Bonchev–Trinajstić information content (AvgIpc) is 2.95. The summed E-state index contributed by atoms with van der Waals surface area (Å²) in [4.78, 5) is 0. The zero-order valence-corrected chi connectivity index (χ0v) is 11.8. The molecule has 1 heterocycles. The second kappa shape index (κ2) is 5.82. The third kappa shape index (κ3) is 3.05. The fraction of sp³-hybridized carbons (Fsp3) is 0.294. The van der Waals surface area contributed by atoms with Gasteiger partial charge in [0.2, 0.25) is 0 Å². The van der Waals surface area contributed by atoms with Gasteiger partial charge in [-0.2, -0.15) is 0 Å². The van der Waals surface area contributed by atoms with E-state index in [1.165, 1.54) is 17.2 Å². The van der Waals surface area contributed by atoms with E-state index in [9.17, 15) is 8.78 Å². The summed E-state index contributed by atoms with van der Waals surface area (Å²) in [5, 5.41) is 3.32. The first kappa shape index (κ1) is 14.0. The van der Waals surface area contributed by atoms with Crippen molar-refractivity contribution >= 4 is 0 Å². The Hall–Kier alpha value is -1.94. The highest BCUT2D eigenvalue weighted by Gasteiger charge is 2.14. The van der Waals surface area contributed by atoms with Gasteiger partial charge in [-0.3, -0.25) is 0 Å². The molecule has 1 aliphatic heterocycles. The molecule has 0 aromatic heterocycles. The Bertz CT molecular complexity index is 657. The molecule has 0 amide bonds. The predicted molar refractivity (Wildman–Crippen MR) is 77.3 cm³/mol. The number of hydrogen-bond donors (Lipinski definition) is 1. The predicted octanol–water partition coefficient (Wildman–Crippen LogP) is 3.75. The van der Waals surface area contributed by atoms with Gasteiger partial charge in [-0.1, -0.05) is 18.2 Å². The van der Waals surface area contributed by atoms with Crippen molar-refractivity contribution in [2.24, 2.45) is 0 Å². The Labute approximate surface area is 122 Å². The van der Waals surface area contributed by atoms with Gasteiger partial charge >= 0.3 is 0 Å². The number of ether oxygens (including phenoxy) is 1. The van der Waals surface area contributed by atoms with Gasteiger partial charge in [-0.05, 0) is 41.8 Å². The van der Waals surface area contributed by atoms with Crippen molar-refractivity contribution < 1.29 is 13.5 Å². The number of fused-ring (bicyclic) bond motifs is 1. The Morgan fingerprint density at radius 1 is 1.14 bits per heavy atom. The maximum absolute atomic E-state index is 13.2. The van der Waals surface area contributed by atoms with E-state index >= 15 is 0 Å². The molecule has 3 rings (SSSR count). The van der Waals surface area contributed by atoms with E-state index in [4.69, 9.17) is 4.74 Å². The van der Waals surface area contributed by atoms with Crippen LogP contribution < -0.4 is 10.1 Å². The molecule has 4 heteroatoms. The molecule has 0 spiro atoms. The van der Waals surface area contributed by atoms with E-state index in [2.05, 4.69) is 18.3 Å². The zero-order chi connectivity index (χ0) is 14.8. The maximum atomic E-state index is 13.2. The van der Waals surface area contributed by atoms with Gasteiger partial charge in [0.05, 0.1) is 6.61 Å². The second-order valence-corrected chi connectivity index (χ2v) is 5.32. The molecule has 0 saturated heterocycles. The fourth-order valence-electron chi connectivity index (χ4n) is 2.51. The van der Waals surface area contributed by atoms with Crippen LogP contribution in [-0.2, 0) is 13.0 Å². The normalized spacial score (nSPS) is 14.6. The molecule has 1 aliphatic rings. The summed E-state index contributed by atoms with van der Waals surface area (Å²) in [6.45, 7) is 3.29. The minimum absolute atomic E-state index is 0.129. The van der Waals surface area contributed by atoms with Crippen molar-refractivity contribution in [2.75, 3.05) is 6.61 Å². The molecule has 0 fully saturated rings. The number of rotatable bonds is 4. The van der Waals surface area contributed by atoms with Crippen LogP contribution in [0.5, 0.6) is 5.75 Å². The molecule has 1 atom stereocenters. The van der Waals surface area contributed by atoms with E-state index in [-0.39, 0.29) is 6.04 Å². The summed E-state index contributed by atoms with van der Waals surface area (Å²) in [6, 6.07) is 10.3.